The summed E-state index contributed by atoms with van der Waals surface area (Å²) in [4.78, 5) is 77.4. The third-order valence-electron chi connectivity index (χ3n) is 7.46. The Labute approximate surface area is 352 Å². The highest BCUT2D eigenvalue weighted by atomic mass is 35.5. The molecule has 59 heavy (non-hydrogen) atoms. The second-order valence-electron chi connectivity index (χ2n) is 11.8. The van der Waals surface area contributed by atoms with Crippen molar-refractivity contribution in [1.82, 2.24) is 29.0 Å². The van der Waals surface area contributed by atoms with Crippen LogP contribution in [0.5, 0.6) is 0 Å². The Morgan fingerprint density at radius 3 is 2.24 bits per heavy atom. The highest BCUT2D eigenvalue weighted by Gasteiger charge is 2.23. The molecule has 2 aromatic heterocycles. The number of nitrogens with one attached hydrogen (secondary N) is 1. The summed E-state index contributed by atoms with van der Waals surface area (Å²) >= 11 is 19.6. The Bertz CT molecular complexity index is 2420. The number of halogens is 7. The van der Waals surface area contributed by atoms with E-state index in [0.717, 1.165) is 61.1 Å². The number of aryl methyl sites for hydroxylation is 1. The van der Waals surface area contributed by atoms with Gasteiger partial charge in [-0.05, 0) is 60.9 Å². The lowest BCUT2D eigenvalue weighted by molar-refractivity contribution is -0.138. The number of fused-ring (bicyclic) bond motifs is 1. The van der Waals surface area contributed by atoms with Crippen molar-refractivity contribution in [2.45, 2.75) is 56.1 Å². The highest BCUT2D eigenvalue weighted by Crippen LogP contribution is 2.33. The monoisotopic (exact) mass is 955 g/mol. The van der Waals surface area contributed by atoms with Crippen LogP contribution in [0.15, 0.2) is 43.7 Å². The van der Waals surface area contributed by atoms with Crippen LogP contribution in [0.1, 0.15) is 30.8 Å². The number of rotatable bonds is 13. The molecule has 28 heteroatoms. The number of carboxylic acids is 2. The Kier molecular flexibility index (Phi) is 18.4. The molecule has 0 spiro atoms. The van der Waals surface area contributed by atoms with Crippen molar-refractivity contribution < 1.29 is 61.2 Å². The lowest BCUT2D eigenvalue weighted by Crippen LogP contribution is -2.31. The fourth-order valence-corrected chi connectivity index (χ4v) is 7.56. The van der Waals surface area contributed by atoms with E-state index in [9.17, 15) is 46.1 Å². The number of ether oxygens (including phenoxy) is 1. The maximum atomic E-state index is 14.3. The molecule has 324 valence electrons. The first-order valence-corrected chi connectivity index (χ1v) is 21.2. The second kappa shape index (κ2) is 22.0. The number of aromatic nitrogens is 5. The van der Waals surface area contributed by atoms with Crippen molar-refractivity contribution >= 4 is 89.1 Å². The molecule has 3 heterocycles. The van der Waals surface area contributed by atoms with E-state index >= 15 is 0 Å². The van der Waals surface area contributed by atoms with Gasteiger partial charge in [-0.2, -0.15) is 13.5 Å². The molecule has 4 aromatic rings. The van der Waals surface area contributed by atoms with Gasteiger partial charge in [-0.3, -0.25) is 33.7 Å². The van der Waals surface area contributed by atoms with Crippen molar-refractivity contribution in [1.29, 1.82) is 0 Å². The summed E-state index contributed by atoms with van der Waals surface area (Å²) in [7, 11) is -2.80. The molecule has 2 aromatic carbocycles. The highest BCUT2D eigenvalue weighted by molar-refractivity contribution is 8.00. The van der Waals surface area contributed by atoms with Crippen LogP contribution in [-0.2, 0) is 43.2 Å². The quantitative estimate of drug-likeness (QED) is 0.0411. The molecule has 0 fully saturated rings. The number of nitrogens with zero attached hydrogens (tertiary/aromatic N) is 6. The average Bonchev–Trinajstić information content (AvgIpc) is 3.63. The van der Waals surface area contributed by atoms with Crippen LogP contribution in [0.3, 0.4) is 0 Å². The molecule has 0 saturated carbocycles. The molecule has 5 rings (SSSR count). The molecule has 0 aliphatic carbocycles. The number of esters is 1. The van der Waals surface area contributed by atoms with Gasteiger partial charge in [0.05, 0.1) is 30.7 Å². The summed E-state index contributed by atoms with van der Waals surface area (Å²) in [6.45, 7) is -1.09. The van der Waals surface area contributed by atoms with Crippen LogP contribution >= 0.6 is 65.5 Å². The smallest absolute Gasteiger partial charge is 0.355 e. The number of carboxylic acid groups (broad SMARTS) is 2. The lowest BCUT2D eigenvalue weighted by Gasteiger charge is -2.15. The largest absolute Gasteiger partial charge is 0.480 e. The fraction of sp³-hybridized carbons (Fsp3) is 0.387. The molecule has 5 N–H and O–H groups in total. The van der Waals surface area contributed by atoms with Gasteiger partial charge in [0, 0.05) is 29.4 Å². The van der Waals surface area contributed by atoms with Crippen molar-refractivity contribution in [3.05, 3.63) is 82.3 Å². The van der Waals surface area contributed by atoms with Crippen LogP contribution in [0, 0.1) is 18.6 Å². The first kappa shape index (κ1) is 49.4. The molecule has 1 unspecified atom stereocenters. The van der Waals surface area contributed by atoms with Gasteiger partial charge in [0.1, 0.15) is 28.4 Å². The van der Waals surface area contributed by atoms with Gasteiger partial charge in [-0.15, -0.1) is 28.5 Å². The number of benzene rings is 2. The predicted octanol–water partition coefficient (Wildman–Crippen LogP) is 4.36. The van der Waals surface area contributed by atoms with E-state index in [4.69, 9.17) is 54.8 Å². The van der Waals surface area contributed by atoms with E-state index in [1.807, 2.05) is 0 Å². The first-order valence-electron chi connectivity index (χ1n) is 16.4. The topological polar surface area (TPSA) is 250 Å². The molecule has 1 atom stereocenters. The normalized spacial score (nSPS) is 13.2. The maximum absolute atomic E-state index is 14.3. The van der Waals surface area contributed by atoms with Crippen LogP contribution in [0.2, 0.25) is 10.0 Å². The third-order valence-corrected chi connectivity index (χ3v) is 11.1. The molecule has 1 aliphatic rings. The van der Waals surface area contributed by atoms with Gasteiger partial charge in [0.15, 0.2) is 5.82 Å². The Balaban J connectivity index is 0.000000258. The summed E-state index contributed by atoms with van der Waals surface area (Å²) in [5.74, 6) is -4.67. The zero-order valence-corrected chi connectivity index (χ0v) is 35.2. The molecule has 18 nitrogen and oxygen atoms in total. The number of aliphatic carboxylic acids is 2. The van der Waals surface area contributed by atoms with E-state index in [1.54, 1.807) is 9.36 Å². The average molecular weight is 957 g/mol. The van der Waals surface area contributed by atoms with Crippen molar-refractivity contribution in [2.24, 2.45) is 4.99 Å². The number of carbonyl (C=O) groups is 3. The van der Waals surface area contributed by atoms with Gasteiger partial charge >= 0.3 is 42.6 Å². The zero-order valence-electron chi connectivity index (χ0n) is 30.4. The van der Waals surface area contributed by atoms with Crippen molar-refractivity contribution in [2.75, 3.05) is 25.7 Å². The summed E-state index contributed by atoms with van der Waals surface area (Å²) in [5, 5.41) is 21.2. The molecular weight excluding hydrogens is 924 g/mol. The minimum atomic E-state index is -4.10. The van der Waals surface area contributed by atoms with Crippen LogP contribution < -0.4 is 20.7 Å². The van der Waals surface area contributed by atoms with Crippen molar-refractivity contribution in [3.63, 3.8) is 0 Å². The SMILES string of the molecule is COC(=O)CSc1cc(/N=c2\sc(=O)n3n2CCCC3)c(F)cc1Cl.Cc1nn(-c2cc(CC(Cl)C(=O)O)c(Cl)cc2F)c(=O)n1C(F)F.O=C(O)CNCP(=O)(O)O. The minimum absolute atomic E-state index is 0.0605. The maximum Gasteiger partial charge on any atom is 0.355 e. The number of alkyl halides is 3. The van der Waals surface area contributed by atoms with Gasteiger partial charge in [-0.25, -0.2) is 27.8 Å². The Hall–Kier alpha value is -4.00. The standard InChI is InChI=1S/C15H15ClFN3O3S2.C13H10Cl2F3N3O3.C3H8NO5P/c1-23-13(21)8-24-12-7-11(10(17)6-9(12)16)18-14-19-4-2-3-5-20(19)15(22)25-14;1-5-19-21(13(24)20(5)12(17)18)10-3-6(2-8(15)11(22)23)7(14)4-9(10)16;5-3(6)1-4-2-10(7,8)9/h6-7H,2-5,8H2,1H3;3-4,8,12H,2H2,1H3,(H,22,23);4H,1-2H2,(H,5,6)(H2,7,8,9)/b18-14-;;. The Morgan fingerprint density at radius 2 is 1.68 bits per heavy atom. The summed E-state index contributed by atoms with van der Waals surface area (Å²) in [5.41, 5.74) is -1.46. The van der Waals surface area contributed by atoms with E-state index in [-0.39, 0.29) is 48.7 Å². The second-order valence-corrected chi connectivity index (χ2v) is 16.7. The first-order chi connectivity index (χ1) is 27.5. The van der Waals surface area contributed by atoms with E-state index in [2.05, 4.69) is 20.1 Å². The fourth-order valence-electron chi connectivity index (χ4n) is 4.78. The number of thioether (sulfide) groups is 1. The summed E-state index contributed by atoms with van der Waals surface area (Å²) in [6, 6.07) is 4.53. The summed E-state index contributed by atoms with van der Waals surface area (Å²) < 4.78 is 72.6. The number of methoxy groups -OCH3 is 1. The predicted molar refractivity (Wildman–Crippen MR) is 207 cm³/mol. The van der Waals surface area contributed by atoms with Gasteiger partial charge in [0.25, 0.3) is 0 Å². The van der Waals surface area contributed by atoms with Crippen molar-refractivity contribution in [3.8, 4) is 5.69 Å². The van der Waals surface area contributed by atoms with E-state index in [0.29, 0.717) is 27.5 Å². The van der Waals surface area contributed by atoms with Gasteiger partial charge in [0.2, 0.25) is 4.80 Å². The Morgan fingerprint density at radius 1 is 1.05 bits per heavy atom. The lowest BCUT2D eigenvalue weighted by atomic mass is 10.1. The van der Waals surface area contributed by atoms with E-state index in [1.165, 1.54) is 13.2 Å². The van der Waals surface area contributed by atoms with Crippen LogP contribution in [0.4, 0.5) is 23.2 Å². The van der Waals surface area contributed by atoms with Crippen LogP contribution in [-0.4, -0.2) is 92.7 Å². The van der Waals surface area contributed by atoms with Gasteiger partial charge in [-0.1, -0.05) is 23.2 Å². The molecule has 0 bridgehead atoms. The van der Waals surface area contributed by atoms with Gasteiger partial charge < -0.3 is 24.7 Å². The number of hydrogen-bond donors (Lipinski definition) is 5. The molecule has 1 aliphatic heterocycles. The molecule has 0 saturated heterocycles. The molecule has 0 radical (unpaired) electrons. The van der Waals surface area contributed by atoms with Crippen LogP contribution in [0.25, 0.3) is 5.69 Å². The van der Waals surface area contributed by atoms with E-state index < -0.39 is 73.3 Å². The minimum Gasteiger partial charge on any atom is -0.480 e. The number of carbonyl (C=O) groups excluding carboxylic acids is 1. The zero-order chi connectivity index (χ0) is 44.4. The third kappa shape index (κ3) is 14.3. The molecule has 0 amide bonds. The number of hydrogen-bond acceptors (Lipinski definition) is 12. The molecular formula is C31H33Cl3F4N7O11PS2. The summed E-state index contributed by atoms with van der Waals surface area (Å²) in [6.07, 6.45) is 1.04.